The SMILES string of the molecule is CC(C)(C)c1cc(-c2nc(-c3cc(C(C)(C)C)cc(C(C)(C)C)c3)nc(-c3cc4c5c(c3)N(c3ccccc3)c3cc6ccc7ccccc7c6cc3B5c3cc5c(ccc6ccccc65)cc3N4c3ccccc3)n2)cc(C(C)(C)C)c1. The molecule has 0 bridgehead atoms. The summed E-state index contributed by atoms with van der Waals surface area (Å²) in [5.41, 5.74) is 17.7. The quantitative estimate of drug-likeness (QED) is 0.127. The lowest BCUT2D eigenvalue weighted by Crippen LogP contribution is -2.61. The van der Waals surface area contributed by atoms with Crippen LogP contribution in [0.5, 0.6) is 0 Å². The van der Waals surface area contributed by atoms with Crippen LogP contribution in [-0.4, -0.2) is 21.7 Å². The molecule has 0 N–H and O–H groups in total. The van der Waals surface area contributed by atoms with Gasteiger partial charge in [0.1, 0.15) is 0 Å². The van der Waals surface area contributed by atoms with Gasteiger partial charge in [-0.2, -0.15) is 0 Å². The highest BCUT2D eigenvalue weighted by atomic mass is 15.2. The van der Waals surface area contributed by atoms with E-state index >= 15 is 0 Å². The van der Waals surface area contributed by atoms with Crippen molar-refractivity contribution in [1.29, 1.82) is 0 Å². The fourth-order valence-electron chi connectivity index (χ4n) is 12.8. The van der Waals surface area contributed by atoms with Crippen LogP contribution in [0.2, 0.25) is 0 Å². The molecule has 0 saturated carbocycles. The standard InChI is InChI=1S/C77H70BN5/c1-74(2,3)54-35-51(36-55(43-54)75(4,5)6)71-79-72(52-37-56(76(7,8)9)44-57(38-52)77(10,11)12)81-73(80-71)53-41-68-70-69(42-53)83(59-27-17-14-18-28-59)67-40-50-34-32-48-24-20-22-30-61(48)63(50)46-65(67)78(70)64-45-62-49(33-31-47-23-19-21-29-60(47)62)39-66(64)82(68)58-25-15-13-16-26-58/h13-46H,1-12H3. The number of nitrogens with zero attached hydrogens (tertiary/aromatic N) is 5. The summed E-state index contributed by atoms with van der Waals surface area (Å²) in [4.78, 5) is 22.0. The van der Waals surface area contributed by atoms with Crippen molar-refractivity contribution < 1.29 is 0 Å². The summed E-state index contributed by atoms with van der Waals surface area (Å²) in [6.07, 6.45) is 0. The van der Waals surface area contributed by atoms with E-state index in [0.717, 1.165) is 50.8 Å². The van der Waals surface area contributed by atoms with Gasteiger partial charge in [-0.3, -0.25) is 0 Å². The van der Waals surface area contributed by atoms with E-state index in [2.05, 4.69) is 299 Å². The second kappa shape index (κ2) is 18.8. The first-order valence-corrected chi connectivity index (χ1v) is 29.5. The van der Waals surface area contributed by atoms with Gasteiger partial charge in [0, 0.05) is 50.8 Å². The van der Waals surface area contributed by atoms with Gasteiger partial charge in [0.15, 0.2) is 17.5 Å². The Hall–Kier alpha value is -8.87. The molecule has 2 aliphatic heterocycles. The van der Waals surface area contributed by atoms with Crippen LogP contribution in [0.25, 0.3) is 77.3 Å². The monoisotopic (exact) mass is 1080 g/mol. The summed E-state index contributed by atoms with van der Waals surface area (Å²) in [7, 11) is 0. The molecule has 0 aliphatic carbocycles. The van der Waals surface area contributed by atoms with Crippen molar-refractivity contribution in [2.75, 3.05) is 9.80 Å². The van der Waals surface area contributed by atoms with Crippen molar-refractivity contribution in [1.82, 2.24) is 15.0 Å². The van der Waals surface area contributed by atoms with Crippen LogP contribution >= 0.6 is 0 Å². The summed E-state index contributed by atoms with van der Waals surface area (Å²) in [6, 6.07) is 77.4. The van der Waals surface area contributed by atoms with Crippen LogP contribution in [0.15, 0.2) is 206 Å². The normalized spacial score (nSPS) is 13.5. The highest BCUT2D eigenvalue weighted by Crippen LogP contribution is 2.48. The Bertz CT molecular complexity index is 4260. The Balaban J connectivity index is 1.12. The van der Waals surface area contributed by atoms with E-state index in [1.807, 2.05) is 0 Å². The van der Waals surface area contributed by atoms with E-state index in [1.54, 1.807) is 0 Å². The van der Waals surface area contributed by atoms with Crippen molar-refractivity contribution in [3.63, 3.8) is 0 Å². The smallest absolute Gasteiger partial charge is 0.252 e. The van der Waals surface area contributed by atoms with Gasteiger partial charge in [-0.1, -0.05) is 217 Å². The molecule has 1 aromatic heterocycles. The molecule has 14 rings (SSSR count). The number of aromatic nitrogens is 3. The first-order valence-electron chi connectivity index (χ1n) is 29.5. The van der Waals surface area contributed by atoms with Crippen LogP contribution in [0.3, 0.4) is 0 Å². The minimum Gasteiger partial charge on any atom is -0.311 e. The molecule has 6 heteroatoms. The topological polar surface area (TPSA) is 45.2 Å². The Kier molecular flexibility index (Phi) is 11.9. The minimum atomic E-state index is -0.151. The van der Waals surface area contributed by atoms with E-state index in [-0.39, 0.29) is 28.4 Å². The summed E-state index contributed by atoms with van der Waals surface area (Å²) < 4.78 is 0. The van der Waals surface area contributed by atoms with E-state index in [0.29, 0.717) is 17.5 Å². The van der Waals surface area contributed by atoms with Gasteiger partial charge in [0.2, 0.25) is 0 Å². The van der Waals surface area contributed by atoms with Gasteiger partial charge in [-0.25, -0.2) is 15.0 Å². The average Bonchev–Trinajstić information content (AvgIpc) is 1.21. The minimum absolute atomic E-state index is 0.125. The lowest BCUT2D eigenvalue weighted by atomic mass is 9.33. The van der Waals surface area contributed by atoms with Gasteiger partial charge in [0.25, 0.3) is 6.71 Å². The third kappa shape index (κ3) is 8.97. The molecule has 3 heterocycles. The largest absolute Gasteiger partial charge is 0.311 e. The van der Waals surface area contributed by atoms with Crippen molar-refractivity contribution >= 4 is 100 Å². The zero-order valence-electron chi connectivity index (χ0n) is 49.9. The number of fused-ring (bicyclic) bond motifs is 10. The fraction of sp³-hybridized carbons (Fsp3) is 0.208. The number of anilines is 6. The Morgan fingerprint density at radius 1 is 0.289 bits per heavy atom. The van der Waals surface area contributed by atoms with Crippen LogP contribution in [0.1, 0.15) is 105 Å². The van der Waals surface area contributed by atoms with Crippen molar-refractivity contribution in [2.24, 2.45) is 0 Å². The number of hydrogen-bond acceptors (Lipinski definition) is 5. The van der Waals surface area contributed by atoms with E-state index in [1.165, 1.54) is 81.7 Å². The molecule has 0 unspecified atom stereocenters. The number of hydrogen-bond donors (Lipinski definition) is 0. The average molecular weight is 1080 g/mol. The maximum atomic E-state index is 5.71. The molecule has 0 saturated heterocycles. The summed E-state index contributed by atoms with van der Waals surface area (Å²) in [6.45, 7) is 27.4. The third-order valence-electron chi connectivity index (χ3n) is 17.6. The first-order chi connectivity index (χ1) is 39.6. The third-order valence-corrected chi connectivity index (χ3v) is 17.6. The summed E-state index contributed by atoms with van der Waals surface area (Å²) >= 11 is 0. The molecule has 0 radical (unpaired) electrons. The Morgan fingerprint density at radius 3 is 0.976 bits per heavy atom. The number of benzene rings is 11. The maximum Gasteiger partial charge on any atom is 0.252 e. The second-order valence-corrected chi connectivity index (χ2v) is 27.4. The van der Waals surface area contributed by atoms with Gasteiger partial charge < -0.3 is 9.80 Å². The van der Waals surface area contributed by atoms with E-state index in [4.69, 9.17) is 15.0 Å². The summed E-state index contributed by atoms with van der Waals surface area (Å²) in [5.74, 6) is 1.92. The van der Waals surface area contributed by atoms with Crippen LogP contribution in [-0.2, 0) is 21.7 Å². The van der Waals surface area contributed by atoms with Gasteiger partial charge in [-0.05, 0) is 176 Å². The van der Waals surface area contributed by atoms with Crippen LogP contribution in [0.4, 0.5) is 34.1 Å². The van der Waals surface area contributed by atoms with E-state index in [9.17, 15) is 0 Å². The molecule has 83 heavy (non-hydrogen) atoms. The zero-order chi connectivity index (χ0) is 57.5. The Labute approximate surface area is 489 Å². The first kappa shape index (κ1) is 52.2. The van der Waals surface area contributed by atoms with Gasteiger partial charge in [-0.15, -0.1) is 0 Å². The van der Waals surface area contributed by atoms with E-state index < -0.39 is 0 Å². The molecular weight excluding hydrogens is 1010 g/mol. The molecule has 12 aromatic rings. The lowest BCUT2D eigenvalue weighted by molar-refractivity contribution is 0.568. The highest BCUT2D eigenvalue weighted by molar-refractivity contribution is 7.00. The molecule has 0 amide bonds. The van der Waals surface area contributed by atoms with Crippen LogP contribution < -0.4 is 26.2 Å². The number of rotatable bonds is 5. The molecule has 2 aliphatic rings. The molecule has 0 spiro atoms. The number of para-hydroxylation sites is 2. The molecule has 11 aromatic carbocycles. The maximum absolute atomic E-state index is 5.71. The Morgan fingerprint density at radius 2 is 0.614 bits per heavy atom. The lowest BCUT2D eigenvalue weighted by Gasteiger charge is -2.44. The predicted octanol–water partition coefficient (Wildman–Crippen LogP) is 18.8. The van der Waals surface area contributed by atoms with Crippen molar-refractivity contribution in [3.8, 4) is 34.2 Å². The zero-order valence-corrected chi connectivity index (χ0v) is 49.9. The molecular formula is C77H70BN5. The molecule has 406 valence electrons. The van der Waals surface area contributed by atoms with Crippen molar-refractivity contribution in [2.45, 2.75) is 105 Å². The van der Waals surface area contributed by atoms with Crippen molar-refractivity contribution in [3.05, 3.63) is 229 Å². The summed E-state index contributed by atoms with van der Waals surface area (Å²) in [5, 5.41) is 9.84. The van der Waals surface area contributed by atoms with Gasteiger partial charge >= 0.3 is 0 Å². The molecule has 0 atom stereocenters. The molecule has 5 nitrogen and oxygen atoms in total. The van der Waals surface area contributed by atoms with Gasteiger partial charge in [0.05, 0.1) is 0 Å². The van der Waals surface area contributed by atoms with Crippen LogP contribution in [0, 0.1) is 0 Å². The fourth-order valence-corrected chi connectivity index (χ4v) is 12.8. The predicted molar refractivity (Wildman–Crippen MR) is 355 cm³/mol. The molecule has 0 fully saturated rings. The highest BCUT2D eigenvalue weighted by Gasteiger charge is 2.44. The second-order valence-electron chi connectivity index (χ2n) is 27.4.